The second-order valence-electron chi connectivity index (χ2n) is 5.22. The smallest absolute Gasteiger partial charge is 0.151 e. The third-order valence-electron chi connectivity index (χ3n) is 2.43. The second kappa shape index (κ2) is 6.68. The largest absolute Gasteiger partial charge is 0.388 e. The third kappa shape index (κ3) is 8.54. The Morgan fingerprint density at radius 1 is 1.41 bits per heavy atom. The van der Waals surface area contributed by atoms with Gasteiger partial charge in [0.15, 0.2) is 9.84 Å². The maximum Gasteiger partial charge on any atom is 0.151 e. The molecular weight excluding hydrogens is 240 g/mol. The van der Waals surface area contributed by atoms with Gasteiger partial charge in [-0.05, 0) is 27.9 Å². The van der Waals surface area contributed by atoms with Crippen molar-refractivity contribution in [1.29, 1.82) is 0 Å². The maximum absolute atomic E-state index is 11.4. The molecule has 0 spiro atoms. The summed E-state index contributed by atoms with van der Waals surface area (Å²) in [5, 5.41) is 13.1. The predicted octanol–water partition coefficient (Wildman–Crippen LogP) is -0.288. The summed E-state index contributed by atoms with van der Waals surface area (Å²) < 4.78 is 22.8. The highest BCUT2D eigenvalue weighted by molar-refractivity contribution is 7.91. The molecule has 0 fully saturated rings. The first-order chi connectivity index (χ1) is 7.58. The van der Waals surface area contributed by atoms with Gasteiger partial charge in [-0.3, -0.25) is 0 Å². The van der Waals surface area contributed by atoms with E-state index in [2.05, 4.69) is 5.32 Å². The summed E-state index contributed by atoms with van der Waals surface area (Å²) in [6, 6.07) is -0.145. The standard InChI is InChI=1S/C11H26N2O3S/c1-6-17(15,16)7-10(2)12-8-11(3,14)9-13(4)5/h10,12,14H,6-9H2,1-5H3. The number of rotatable bonds is 8. The van der Waals surface area contributed by atoms with Crippen molar-refractivity contribution in [3.8, 4) is 0 Å². The summed E-state index contributed by atoms with van der Waals surface area (Å²) >= 11 is 0. The van der Waals surface area contributed by atoms with Crippen LogP contribution in [0.1, 0.15) is 20.8 Å². The van der Waals surface area contributed by atoms with E-state index in [1.165, 1.54) is 0 Å². The average Bonchev–Trinajstić information content (AvgIpc) is 2.12. The topological polar surface area (TPSA) is 69.6 Å². The molecular formula is C11H26N2O3S. The van der Waals surface area contributed by atoms with Gasteiger partial charge in [0.25, 0.3) is 0 Å². The highest BCUT2D eigenvalue weighted by Crippen LogP contribution is 2.04. The van der Waals surface area contributed by atoms with Crippen molar-refractivity contribution in [3.05, 3.63) is 0 Å². The van der Waals surface area contributed by atoms with E-state index in [0.29, 0.717) is 13.1 Å². The van der Waals surface area contributed by atoms with Crippen LogP contribution in [0.25, 0.3) is 0 Å². The molecule has 2 atom stereocenters. The highest BCUT2D eigenvalue weighted by Gasteiger charge is 2.22. The average molecular weight is 266 g/mol. The van der Waals surface area contributed by atoms with E-state index in [1.54, 1.807) is 13.8 Å². The number of hydrogen-bond acceptors (Lipinski definition) is 5. The molecule has 0 aliphatic heterocycles. The van der Waals surface area contributed by atoms with Crippen molar-refractivity contribution in [2.24, 2.45) is 0 Å². The first kappa shape index (κ1) is 16.8. The molecule has 0 aliphatic carbocycles. The SMILES string of the molecule is CCS(=O)(=O)CC(C)NCC(C)(O)CN(C)C. The Morgan fingerprint density at radius 3 is 2.35 bits per heavy atom. The summed E-state index contributed by atoms with van der Waals surface area (Å²) in [7, 11) is 0.813. The molecule has 0 saturated carbocycles. The fraction of sp³-hybridized carbons (Fsp3) is 1.00. The normalized spacial score (nSPS) is 18.1. The van der Waals surface area contributed by atoms with E-state index in [9.17, 15) is 13.5 Å². The lowest BCUT2D eigenvalue weighted by molar-refractivity contribution is 0.0323. The number of nitrogens with one attached hydrogen (secondary N) is 1. The van der Waals surface area contributed by atoms with E-state index in [0.717, 1.165) is 0 Å². The van der Waals surface area contributed by atoms with Gasteiger partial charge in [0.2, 0.25) is 0 Å². The molecule has 6 heteroatoms. The molecule has 0 aliphatic rings. The molecule has 0 amide bonds. The molecule has 2 unspecified atom stereocenters. The van der Waals surface area contributed by atoms with Crippen LogP contribution in [0.4, 0.5) is 0 Å². The Labute approximate surface area is 105 Å². The minimum atomic E-state index is -2.96. The van der Waals surface area contributed by atoms with Crippen LogP contribution in [-0.4, -0.2) is 68.8 Å². The molecule has 0 aromatic heterocycles. The predicted molar refractivity (Wildman–Crippen MR) is 71.0 cm³/mol. The summed E-state index contributed by atoms with van der Waals surface area (Å²) in [4.78, 5) is 1.90. The zero-order chi connectivity index (χ0) is 13.7. The highest BCUT2D eigenvalue weighted by atomic mass is 32.2. The van der Waals surface area contributed by atoms with E-state index < -0.39 is 15.4 Å². The zero-order valence-electron chi connectivity index (χ0n) is 11.5. The fourth-order valence-corrected chi connectivity index (χ4v) is 2.80. The van der Waals surface area contributed by atoms with Crippen LogP contribution < -0.4 is 5.32 Å². The van der Waals surface area contributed by atoms with Crippen molar-refractivity contribution in [1.82, 2.24) is 10.2 Å². The molecule has 2 N–H and O–H groups in total. The first-order valence-corrected chi connectivity index (χ1v) is 7.71. The summed E-state index contributed by atoms with van der Waals surface area (Å²) in [6.07, 6.45) is 0. The van der Waals surface area contributed by atoms with Gasteiger partial charge in [0.05, 0.1) is 11.4 Å². The second-order valence-corrected chi connectivity index (χ2v) is 7.61. The van der Waals surface area contributed by atoms with Gasteiger partial charge in [-0.2, -0.15) is 0 Å². The molecule has 0 aromatic rings. The molecule has 0 bridgehead atoms. The van der Waals surface area contributed by atoms with Gasteiger partial charge in [0.1, 0.15) is 0 Å². The summed E-state index contributed by atoms with van der Waals surface area (Å²) in [5.74, 6) is 0.272. The van der Waals surface area contributed by atoms with Crippen LogP contribution in [0.5, 0.6) is 0 Å². The lowest BCUT2D eigenvalue weighted by atomic mass is 10.1. The number of nitrogens with zero attached hydrogens (tertiary/aromatic N) is 1. The number of likely N-dealkylation sites (N-methyl/N-ethyl adjacent to an activating group) is 1. The quantitative estimate of drug-likeness (QED) is 0.632. The Balaban J connectivity index is 4.11. The zero-order valence-corrected chi connectivity index (χ0v) is 12.3. The minimum Gasteiger partial charge on any atom is -0.388 e. The van der Waals surface area contributed by atoms with E-state index in [4.69, 9.17) is 0 Å². The molecule has 0 saturated heterocycles. The molecule has 0 aromatic carbocycles. The van der Waals surface area contributed by atoms with Crippen molar-refractivity contribution >= 4 is 9.84 Å². The Hall–Kier alpha value is -0.170. The maximum atomic E-state index is 11.4. The van der Waals surface area contributed by atoms with E-state index >= 15 is 0 Å². The first-order valence-electron chi connectivity index (χ1n) is 5.89. The Bertz CT molecular complexity index is 313. The van der Waals surface area contributed by atoms with Crippen molar-refractivity contribution < 1.29 is 13.5 Å². The molecule has 0 rings (SSSR count). The van der Waals surface area contributed by atoms with Crippen LogP contribution in [0.3, 0.4) is 0 Å². The van der Waals surface area contributed by atoms with Crippen molar-refractivity contribution in [2.75, 3.05) is 38.7 Å². The van der Waals surface area contributed by atoms with Crippen LogP contribution in [0.15, 0.2) is 0 Å². The minimum absolute atomic E-state index is 0.113. The fourth-order valence-electron chi connectivity index (χ4n) is 1.69. The van der Waals surface area contributed by atoms with Crippen LogP contribution >= 0.6 is 0 Å². The summed E-state index contributed by atoms with van der Waals surface area (Å²) in [6.45, 7) is 6.11. The van der Waals surface area contributed by atoms with Gasteiger partial charge in [-0.15, -0.1) is 0 Å². The van der Waals surface area contributed by atoms with Gasteiger partial charge in [-0.1, -0.05) is 6.92 Å². The third-order valence-corrected chi connectivity index (χ3v) is 4.32. The molecule has 0 radical (unpaired) electrons. The Kier molecular flexibility index (Phi) is 6.61. The van der Waals surface area contributed by atoms with Crippen molar-refractivity contribution in [3.63, 3.8) is 0 Å². The molecule has 0 heterocycles. The van der Waals surface area contributed by atoms with Crippen molar-refractivity contribution in [2.45, 2.75) is 32.4 Å². The van der Waals surface area contributed by atoms with Gasteiger partial charge < -0.3 is 15.3 Å². The van der Waals surface area contributed by atoms with Gasteiger partial charge in [0, 0.05) is 24.9 Å². The van der Waals surface area contributed by atoms with Crippen LogP contribution in [0.2, 0.25) is 0 Å². The van der Waals surface area contributed by atoms with Gasteiger partial charge in [-0.25, -0.2) is 8.42 Å². The van der Waals surface area contributed by atoms with Crippen LogP contribution in [-0.2, 0) is 9.84 Å². The van der Waals surface area contributed by atoms with Gasteiger partial charge >= 0.3 is 0 Å². The monoisotopic (exact) mass is 266 g/mol. The lowest BCUT2D eigenvalue weighted by Crippen LogP contribution is -2.48. The number of aliphatic hydroxyl groups is 1. The molecule has 5 nitrogen and oxygen atoms in total. The summed E-state index contributed by atoms with van der Waals surface area (Å²) in [5.41, 5.74) is -0.853. The molecule has 104 valence electrons. The Morgan fingerprint density at radius 2 is 1.94 bits per heavy atom. The number of sulfone groups is 1. The lowest BCUT2D eigenvalue weighted by Gasteiger charge is -2.28. The van der Waals surface area contributed by atoms with E-state index in [-0.39, 0.29) is 17.5 Å². The molecule has 17 heavy (non-hydrogen) atoms. The number of hydrogen-bond donors (Lipinski definition) is 2. The van der Waals surface area contributed by atoms with E-state index in [1.807, 2.05) is 25.9 Å². The van der Waals surface area contributed by atoms with Crippen LogP contribution in [0, 0.1) is 0 Å².